The number of rotatable bonds is 61. The summed E-state index contributed by atoms with van der Waals surface area (Å²) >= 11 is 0. The minimum atomic E-state index is -2.30. The Kier molecular flexibility index (Phi) is 52.7. The SMILES string of the molecule is CC(=O)NC1C(OC2C(CO)OC(O)C(NC(C)=O)C2OC(C)C(=O)NC(C)C(=O)NC(CCC(=O)NC(CCCNC(=O)C(CO)NC(=O)C(N)CC(=O)O)C(=O)NC(C)C(=O)O)C(N)=O)OC(CO)C(OC2OC(CO)C(OC3OC(CO)C(O)C(O)C3N)C(OC(C)C(=O)NC(C)C(=O)NC(CCC(=O)NC(CCCNC(=O)C(CO)NC(=O)C(N)CC(=O)O)C(=O)NC(C)C(=O)O)C(N)=O)C2NC(C)=O)C1O. The summed E-state index contributed by atoms with van der Waals surface area (Å²) in [6.45, 7) is 2.14. The zero-order valence-electron chi connectivity index (χ0n) is 80.8. The molecule has 0 radical (unpaired) electrons. The van der Waals surface area contributed by atoms with E-state index in [9.17, 15) is 162 Å². The van der Waals surface area contributed by atoms with Gasteiger partial charge in [-0.25, -0.2) is 0 Å². The first-order valence-electron chi connectivity index (χ1n) is 45.8. The Morgan fingerprint density at radius 1 is 0.342 bits per heavy atom. The highest BCUT2D eigenvalue weighted by atomic mass is 16.8. The van der Waals surface area contributed by atoms with Crippen LogP contribution in [0.25, 0.3) is 0 Å². The highest BCUT2D eigenvalue weighted by molar-refractivity contribution is 5.97. The van der Waals surface area contributed by atoms with E-state index in [0.29, 0.717) is 0 Å². The average molecular weight is 2110 g/mol. The fourth-order valence-corrected chi connectivity index (χ4v) is 14.8. The normalized spacial score (nSPS) is 26.8. The molecule has 4 aliphatic heterocycles. The number of nitrogens with two attached hydrogens (primary N) is 5. The van der Waals surface area contributed by atoms with Crippen molar-refractivity contribution in [3.8, 4) is 0 Å². The molecule has 0 bridgehead atoms. The zero-order valence-corrected chi connectivity index (χ0v) is 80.8. The molecule has 0 aliphatic carbocycles. The van der Waals surface area contributed by atoms with Gasteiger partial charge < -0.3 is 223 Å². The fourth-order valence-electron chi connectivity index (χ4n) is 14.8. The molecule has 0 aromatic heterocycles. The molecule has 39 N–H and O–H groups in total. The van der Waals surface area contributed by atoms with Crippen LogP contribution in [0.3, 0.4) is 0 Å². The second-order valence-electron chi connectivity index (χ2n) is 34.5. The van der Waals surface area contributed by atoms with Crippen molar-refractivity contribution in [3.05, 3.63) is 0 Å². The van der Waals surface area contributed by atoms with E-state index in [2.05, 4.69) is 79.8 Å². The van der Waals surface area contributed by atoms with Crippen LogP contribution in [-0.2, 0) is 143 Å². The number of aliphatic hydroxyl groups is 10. The van der Waals surface area contributed by atoms with E-state index >= 15 is 0 Å². The third kappa shape index (κ3) is 39.3. The Hall–Kier alpha value is -12.0. The third-order valence-corrected chi connectivity index (χ3v) is 22.8. The molecule has 4 fully saturated rings. The van der Waals surface area contributed by atoms with E-state index in [1.165, 1.54) is 0 Å². The number of carboxylic acid groups (broad SMARTS) is 4. The summed E-state index contributed by atoms with van der Waals surface area (Å²) in [7, 11) is 0. The van der Waals surface area contributed by atoms with E-state index in [4.69, 9.17) is 81.5 Å². The Labute approximate surface area is 831 Å². The van der Waals surface area contributed by atoms with Crippen molar-refractivity contribution >= 4 is 124 Å². The molecule has 0 aromatic carbocycles. The molecule has 146 heavy (non-hydrogen) atoms. The van der Waals surface area contributed by atoms with Crippen LogP contribution in [0.1, 0.15) is 127 Å². The van der Waals surface area contributed by atoms with Crippen LogP contribution >= 0.6 is 0 Å². The number of nitrogens with one attached hydrogen (secondary N) is 15. The van der Waals surface area contributed by atoms with Crippen LogP contribution in [0.15, 0.2) is 0 Å². The highest BCUT2D eigenvalue weighted by Gasteiger charge is 2.58. The van der Waals surface area contributed by atoms with Crippen LogP contribution in [0.4, 0.5) is 0 Å². The standard InChI is InChI=1S/C82H136N20O44/c1-28(67(123)99-39(65(86)121)14-16-49(112)97-41(75(131)92-30(3)77(133)134)12-10-18-88-73(129)43(22-103)101-71(127)37(83)20-51(114)115)90-69(125)32(5)138-63-55(95-35(8)110)79(137)140-47(26-107)61(63)146-81-54(94-34(7)109)59(120)60(46(25-106)142-81)144-82-56(96-36(9)111)64(62(48(27-108)143-82)145-80-53(85)58(119)57(118)45(24-105)141-80)139-33(6)70(126)91-29(2)68(124)100-40(66(87)122)15-17-50(113)98-42(76(132)93-31(4)78(135)136)13-11-19-89-74(130)44(23-104)102-72(128)38(84)21-52(116)117/h28-33,37-48,53-64,79-82,103-108,118-120,137H,10-27,83-85H2,1-9H3,(H2,86,121)(H2,87,122)(H,88,129)(H,89,130)(H,90,125)(H,91,126)(H,92,131)(H,93,132)(H,94,109)(H,95,110)(H,96,111)(H,97,112)(H,98,113)(H,99,123)(H,100,124)(H,101,127)(H,102,128)(H,114,115)(H,116,117)(H,133,134)(H,135,136). The summed E-state index contributed by atoms with van der Waals surface area (Å²) in [5, 5.41) is 180. The van der Waals surface area contributed by atoms with Crippen molar-refractivity contribution < 1.29 is 215 Å². The average Bonchev–Trinajstić information content (AvgIpc) is 0.758. The molecule has 828 valence electrons. The Morgan fingerprint density at radius 2 is 0.678 bits per heavy atom. The van der Waals surface area contributed by atoms with Gasteiger partial charge in [0.05, 0.1) is 70.6 Å². The molecule has 0 saturated carbocycles. The highest BCUT2D eigenvalue weighted by Crippen LogP contribution is 2.37. The number of aliphatic carboxylic acids is 4. The molecule has 34 atom stereocenters. The predicted molar refractivity (Wildman–Crippen MR) is 481 cm³/mol. The summed E-state index contributed by atoms with van der Waals surface area (Å²) in [6.07, 6.45) is -41.0. The van der Waals surface area contributed by atoms with E-state index in [0.717, 1.165) is 62.3 Å². The van der Waals surface area contributed by atoms with Gasteiger partial charge in [0.25, 0.3) is 0 Å². The van der Waals surface area contributed by atoms with Gasteiger partial charge in [0.15, 0.2) is 25.2 Å². The number of carbonyl (C=O) groups excluding carboxylic acids is 17. The molecular formula is C82H136N20O44. The Balaban J connectivity index is 1.62. The lowest BCUT2D eigenvalue weighted by atomic mass is 9.93. The molecule has 0 aromatic rings. The van der Waals surface area contributed by atoms with Gasteiger partial charge in [-0.15, -0.1) is 0 Å². The molecule has 4 heterocycles. The number of aliphatic hydroxyl groups excluding tert-OH is 10. The number of primary amides is 2. The molecule has 4 saturated heterocycles. The topological polar surface area (TPSA) is 1040 Å². The number of hydrogen-bond acceptors (Lipinski definition) is 43. The van der Waals surface area contributed by atoms with Crippen molar-refractivity contribution in [1.82, 2.24) is 79.8 Å². The maximum Gasteiger partial charge on any atom is 0.325 e. The van der Waals surface area contributed by atoms with Crippen molar-refractivity contribution in [2.75, 3.05) is 52.7 Å². The monoisotopic (exact) mass is 2100 g/mol. The second-order valence-corrected chi connectivity index (χ2v) is 34.5. The number of carbonyl (C=O) groups is 21. The minimum absolute atomic E-state index is 0.159. The lowest BCUT2D eigenvalue weighted by Gasteiger charge is -2.51. The molecule has 34 unspecified atom stereocenters. The molecular weight excluding hydrogens is 1970 g/mol. The van der Waals surface area contributed by atoms with Crippen molar-refractivity contribution in [2.45, 2.75) is 334 Å². The van der Waals surface area contributed by atoms with Gasteiger partial charge in [-0.1, -0.05) is 0 Å². The number of amides is 17. The van der Waals surface area contributed by atoms with E-state index in [-0.39, 0.29) is 38.8 Å². The van der Waals surface area contributed by atoms with Crippen LogP contribution in [0.2, 0.25) is 0 Å². The largest absolute Gasteiger partial charge is 0.481 e. The van der Waals surface area contributed by atoms with E-state index < -0.39 is 410 Å². The van der Waals surface area contributed by atoms with Gasteiger partial charge >= 0.3 is 23.9 Å². The third-order valence-electron chi connectivity index (χ3n) is 22.8. The maximum absolute atomic E-state index is 14.5. The van der Waals surface area contributed by atoms with E-state index in [1.54, 1.807) is 0 Å². The fraction of sp³-hybridized carbons (Fsp3) is 0.744. The van der Waals surface area contributed by atoms with Gasteiger partial charge in [-0.3, -0.25) is 101 Å². The minimum Gasteiger partial charge on any atom is -0.481 e. The number of hydrogen-bond donors (Lipinski definition) is 34. The van der Waals surface area contributed by atoms with Gasteiger partial charge in [0, 0.05) is 46.7 Å². The molecule has 4 aliphatic rings. The first-order chi connectivity index (χ1) is 68.4. The van der Waals surface area contributed by atoms with Gasteiger partial charge in [0.1, 0.15) is 164 Å². The maximum atomic E-state index is 14.5. The van der Waals surface area contributed by atoms with E-state index in [1.807, 2.05) is 0 Å². The van der Waals surface area contributed by atoms with Crippen molar-refractivity contribution in [1.29, 1.82) is 0 Å². The van der Waals surface area contributed by atoms with Crippen LogP contribution in [-0.4, -0.2) is 456 Å². The summed E-state index contributed by atoms with van der Waals surface area (Å²) in [4.78, 5) is 271. The Morgan fingerprint density at radius 3 is 1.05 bits per heavy atom. The van der Waals surface area contributed by atoms with Crippen LogP contribution in [0.5, 0.6) is 0 Å². The van der Waals surface area contributed by atoms with Gasteiger partial charge in [-0.2, -0.15) is 0 Å². The molecule has 17 amide bonds. The number of ether oxygens (including phenoxy) is 9. The van der Waals surface area contributed by atoms with Gasteiger partial charge in [0.2, 0.25) is 100 Å². The van der Waals surface area contributed by atoms with Gasteiger partial charge in [-0.05, 0) is 80.1 Å². The lowest BCUT2D eigenvalue weighted by molar-refractivity contribution is -0.365. The Bertz CT molecular complexity index is 4480. The van der Waals surface area contributed by atoms with Crippen LogP contribution in [0, 0.1) is 0 Å². The molecule has 4 rings (SSSR count). The van der Waals surface area contributed by atoms with Crippen LogP contribution < -0.4 is 108 Å². The predicted octanol–water partition coefficient (Wildman–Crippen LogP) is -19.5. The lowest BCUT2D eigenvalue weighted by Crippen LogP contribution is -2.72. The second kappa shape index (κ2) is 60.9. The summed E-state index contributed by atoms with van der Waals surface area (Å²) in [5.74, 6) is -24.3. The molecule has 0 spiro atoms. The number of carboxylic acids is 4. The van der Waals surface area contributed by atoms with Crippen molar-refractivity contribution in [3.63, 3.8) is 0 Å². The zero-order chi connectivity index (χ0) is 110. The summed E-state index contributed by atoms with van der Waals surface area (Å²) in [6, 6.07) is -27.0. The first kappa shape index (κ1) is 126. The van der Waals surface area contributed by atoms with Crippen molar-refractivity contribution in [2.24, 2.45) is 28.7 Å². The summed E-state index contributed by atoms with van der Waals surface area (Å²) < 4.78 is 55.5. The smallest absolute Gasteiger partial charge is 0.325 e. The first-order valence-corrected chi connectivity index (χ1v) is 45.8. The molecule has 64 nitrogen and oxygen atoms in total. The summed E-state index contributed by atoms with van der Waals surface area (Å²) in [5.41, 5.74) is 28.6. The molecule has 64 heteroatoms. The quantitative estimate of drug-likeness (QED) is 0.0251.